The minimum atomic E-state index is -1.06. The number of thioether (sulfide) groups is 1. The first-order valence-corrected chi connectivity index (χ1v) is 6.39. The van der Waals surface area contributed by atoms with Gasteiger partial charge in [0.15, 0.2) is 5.16 Å². The number of hydrogen-bond donors (Lipinski definition) is 2. The van der Waals surface area contributed by atoms with Crippen molar-refractivity contribution in [3.63, 3.8) is 0 Å². The number of rotatable bonds is 5. The van der Waals surface area contributed by atoms with Crippen molar-refractivity contribution in [2.24, 2.45) is 0 Å². The van der Waals surface area contributed by atoms with Crippen molar-refractivity contribution in [3.05, 3.63) is 45.9 Å². The Labute approximate surface area is 115 Å². The highest BCUT2D eigenvalue weighted by molar-refractivity contribution is 7.99. The van der Waals surface area contributed by atoms with Crippen LogP contribution in [0.2, 0.25) is 0 Å². The summed E-state index contributed by atoms with van der Waals surface area (Å²) in [5.74, 6) is -2.85. The van der Waals surface area contributed by atoms with Gasteiger partial charge in [0, 0.05) is 11.6 Å². The number of aromatic amines is 1. The third-order valence-electron chi connectivity index (χ3n) is 2.39. The summed E-state index contributed by atoms with van der Waals surface area (Å²) in [6.07, 6.45) is 0. The lowest BCUT2D eigenvalue weighted by atomic mass is 10.2. The summed E-state index contributed by atoms with van der Waals surface area (Å²) in [7, 11) is 0. The topological polar surface area (TPSA) is 88.0 Å². The van der Waals surface area contributed by atoms with E-state index in [1.54, 1.807) is 0 Å². The third-order valence-corrected chi connectivity index (χ3v) is 3.35. The minimum absolute atomic E-state index is 0.104. The molecule has 0 aliphatic rings. The standard InChI is InChI=1S/C11H9F2N3O3S/c12-7-2-1-6(8(13)3-7)4-16-10(19)14-15-11(16)20-5-9(17)18/h1-3H,4-5H2,(H,14,19)(H,17,18). The van der Waals surface area contributed by atoms with Gasteiger partial charge in [0.1, 0.15) is 11.6 Å². The van der Waals surface area contributed by atoms with Gasteiger partial charge in [0.05, 0.1) is 12.3 Å². The Balaban J connectivity index is 2.26. The van der Waals surface area contributed by atoms with Crippen LogP contribution in [0, 0.1) is 11.6 Å². The van der Waals surface area contributed by atoms with Crippen LogP contribution >= 0.6 is 11.8 Å². The lowest BCUT2D eigenvalue weighted by Crippen LogP contribution is -2.19. The van der Waals surface area contributed by atoms with E-state index in [9.17, 15) is 18.4 Å². The van der Waals surface area contributed by atoms with E-state index >= 15 is 0 Å². The normalized spacial score (nSPS) is 10.7. The summed E-state index contributed by atoms with van der Waals surface area (Å²) < 4.78 is 27.4. The van der Waals surface area contributed by atoms with E-state index in [2.05, 4.69) is 10.2 Å². The monoisotopic (exact) mass is 301 g/mol. The summed E-state index contributed by atoms with van der Waals surface area (Å²) in [4.78, 5) is 22.0. The van der Waals surface area contributed by atoms with Crippen molar-refractivity contribution in [1.29, 1.82) is 0 Å². The SMILES string of the molecule is O=C(O)CSc1n[nH]c(=O)n1Cc1ccc(F)cc1F. The van der Waals surface area contributed by atoms with Gasteiger partial charge in [-0.2, -0.15) is 0 Å². The maximum Gasteiger partial charge on any atom is 0.344 e. The number of carbonyl (C=O) groups is 1. The van der Waals surface area contributed by atoms with Crippen LogP contribution in [0.1, 0.15) is 5.56 Å². The molecule has 0 amide bonds. The molecule has 0 fully saturated rings. The van der Waals surface area contributed by atoms with Crippen LogP contribution in [-0.2, 0) is 11.3 Å². The fourth-order valence-electron chi connectivity index (χ4n) is 1.50. The predicted octanol–water partition coefficient (Wildman–Crippen LogP) is 1.07. The molecule has 0 aliphatic carbocycles. The van der Waals surface area contributed by atoms with Gasteiger partial charge in [-0.3, -0.25) is 9.36 Å². The van der Waals surface area contributed by atoms with Crippen LogP contribution in [0.3, 0.4) is 0 Å². The summed E-state index contributed by atoms with van der Waals surface area (Å²) in [5.41, 5.74) is -0.492. The predicted molar refractivity (Wildman–Crippen MR) is 66.7 cm³/mol. The number of halogens is 2. The van der Waals surface area contributed by atoms with Crippen molar-refractivity contribution >= 4 is 17.7 Å². The number of H-pyrrole nitrogens is 1. The van der Waals surface area contributed by atoms with Crippen molar-refractivity contribution in [2.75, 3.05) is 5.75 Å². The molecule has 20 heavy (non-hydrogen) atoms. The van der Waals surface area contributed by atoms with Gasteiger partial charge in [-0.15, -0.1) is 5.10 Å². The second-order valence-electron chi connectivity index (χ2n) is 3.82. The lowest BCUT2D eigenvalue weighted by molar-refractivity contribution is -0.133. The van der Waals surface area contributed by atoms with Gasteiger partial charge in [0.25, 0.3) is 0 Å². The molecule has 2 N–H and O–H groups in total. The Morgan fingerprint density at radius 1 is 1.45 bits per heavy atom. The Morgan fingerprint density at radius 3 is 2.85 bits per heavy atom. The van der Waals surface area contributed by atoms with Crippen molar-refractivity contribution in [2.45, 2.75) is 11.7 Å². The van der Waals surface area contributed by atoms with E-state index < -0.39 is 23.3 Å². The molecule has 0 bridgehead atoms. The molecule has 2 rings (SSSR count). The molecule has 1 aromatic carbocycles. The van der Waals surface area contributed by atoms with Crippen LogP contribution in [0.5, 0.6) is 0 Å². The van der Waals surface area contributed by atoms with Gasteiger partial charge in [-0.05, 0) is 6.07 Å². The molecule has 0 saturated carbocycles. The van der Waals surface area contributed by atoms with Crippen molar-refractivity contribution in [3.8, 4) is 0 Å². The van der Waals surface area contributed by atoms with E-state index in [0.717, 1.165) is 22.4 Å². The van der Waals surface area contributed by atoms with Gasteiger partial charge < -0.3 is 5.11 Å². The molecule has 106 valence electrons. The number of aliphatic carboxylic acids is 1. The maximum absolute atomic E-state index is 13.5. The Kier molecular flexibility index (Phi) is 4.18. The highest BCUT2D eigenvalue weighted by atomic mass is 32.2. The molecule has 2 aromatic rings. The zero-order chi connectivity index (χ0) is 14.7. The molecule has 0 atom stereocenters. The maximum atomic E-state index is 13.5. The quantitative estimate of drug-likeness (QED) is 0.807. The van der Waals surface area contributed by atoms with Crippen molar-refractivity contribution < 1.29 is 18.7 Å². The van der Waals surface area contributed by atoms with E-state index in [4.69, 9.17) is 5.11 Å². The smallest absolute Gasteiger partial charge is 0.344 e. The summed E-state index contributed by atoms with van der Waals surface area (Å²) in [5, 5.41) is 14.5. The third kappa shape index (κ3) is 3.23. The van der Waals surface area contributed by atoms with Gasteiger partial charge in [0.2, 0.25) is 0 Å². The number of hydrogen-bond acceptors (Lipinski definition) is 4. The number of carboxylic acids is 1. The van der Waals surface area contributed by atoms with Crippen LogP contribution < -0.4 is 5.69 Å². The first-order chi connectivity index (χ1) is 9.47. The van der Waals surface area contributed by atoms with Crippen LogP contribution in [0.25, 0.3) is 0 Å². The number of nitrogens with one attached hydrogen (secondary N) is 1. The molecular formula is C11H9F2N3O3S. The summed E-state index contributed by atoms with van der Waals surface area (Å²) in [6, 6.07) is 3.01. The van der Waals surface area contributed by atoms with Gasteiger partial charge in [-0.1, -0.05) is 17.8 Å². The molecular weight excluding hydrogens is 292 g/mol. The molecule has 0 unspecified atom stereocenters. The number of benzene rings is 1. The first kappa shape index (κ1) is 14.3. The average molecular weight is 301 g/mol. The first-order valence-electron chi connectivity index (χ1n) is 5.41. The van der Waals surface area contributed by atoms with Crippen LogP contribution in [-0.4, -0.2) is 31.6 Å². The molecule has 0 radical (unpaired) electrons. The molecule has 0 saturated heterocycles. The molecule has 0 aliphatic heterocycles. The second-order valence-corrected chi connectivity index (χ2v) is 4.76. The Hall–Kier alpha value is -2.16. The van der Waals surface area contributed by atoms with E-state index in [1.165, 1.54) is 6.07 Å². The largest absolute Gasteiger partial charge is 0.481 e. The number of carboxylic acid groups (broad SMARTS) is 1. The Morgan fingerprint density at radius 2 is 2.20 bits per heavy atom. The van der Waals surface area contributed by atoms with E-state index in [0.29, 0.717) is 6.07 Å². The molecule has 1 heterocycles. The molecule has 6 nitrogen and oxygen atoms in total. The van der Waals surface area contributed by atoms with E-state index in [-0.39, 0.29) is 23.0 Å². The van der Waals surface area contributed by atoms with Gasteiger partial charge >= 0.3 is 11.7 Å². The van der Waals surface area contributed by atoms with Crippen LogP contribution in [0.15, 0.2) is 28.2 Å². The zero-order valence-corrected chi connectivity index (χ0v) is 10.8. The lowest BCUT2D eigenvalue weighted by Gasteiger charge is -2.06. The summed E-state index contributed by atoms with van der Waals surface area (Å²) >= 11 is 0.829. The Bertz CT molecular complexity index is 698. The van der Waals surface area contributed by atoms with E-state index in [1.807, 2.05) is 0 Å². The highest BCUT2D eigenvalue weighted by Gasteiger charge is 2.13. The van der Waals surface area contributed by atoms with Crippen molar-refractivity contribution in [1.82, 2.24) is 14.8 Å². The highest BCUT2D eigenvalue weighted by Crippen LogP contribution is 2.16. The zero-order valence-electron chi connectivity index (χ0n) is 9.97. The summed E-state index contributed by atoms with van der Waals surface area (Å²) in [6.45, 7) is -0.163. The van der Waals surface area contributed by atoms with Gasteiger partial charge in [-0.25, -0.2) is 18.7 Å². The molecule has 0 spiro atoms. The van der Waals surface area contributed by atoms with Crippen LogP contribution in [0.4, 0.5) is 8.78 Å². The average Bonchev–Trinajstić information content (AvgIpc) is 2.71. The second kappa shape index (κ2) is 5.87. The fraction of sp³-hybridized carbons (Fsp3) is 0.182. The number of nitrogens with zero attached hydrogens (tertiary/aromatic N) is 2. The number of aromatic nitrogens is 3. The minimum Gasteiger partial charge on any atom is -0.481 e. The fourth-order valence-corrected chi connectivity index (χ4v) is 2.17. The molecule has 9 heteroatoms. The molecule has 1 aromatic heterocycles.